The molecule has 4 heteroatoms. The minimum atomic E-state index is 0.369. The van der Waals surface area contributed by atoms with Crippen LogP contribution in [0.4, 0.5) is 0 Å². The lowest BCUT2D eigenvalue weighted by atomic mass is 9.78. The Morgan fingerprint density at radius 1 is 1.30 bits per heavy atom. The quantitative estimate of drug-likeness (QED) is 0.725. The second-order valence-corrected chi connectivity index (χ2v) is 7.35. The molecule has 0 atom stereocenters. The van der Waals surface area contributed by atoms with E-state index in [1.165, 1.54) is 49.4 Å². The molecule has 1 heterocycles. The number of hydrogen-bond acceptors (Lipinski definition) is 3. The van der Waals surface area contributed by atoms with Crippen molar-refractivity contribution in [3.05, 3.63) is 0 Å². The molecule has 1 saturated carbocycles. The molecule has 0 aromatic heterocycles. The van der Waals surface area contributed by atoms with Gasteiger partial charge in [-0.25, -0.2) is 0 Å². The van der Waals surface area contributed by atoms with Crippen LogP contribution < -0.4 is 5.32 Å². The van der Waals surface area contributed by atoms with Crippen molar-refractivity contribution in [2.45, 2.75) is 64.3 Å². The summed E-state index contributed by atoms with van der Waals surface area (Å²) in [5.41, 5.74) is 0.369. The van der Waals surface area contributed by atoms with Gasteiger partial charge in [0, 0.05) is 31.1 Å². The summed E-state index contributed by atoms with van der Waals surface area (Å²) >= 11 is 1.92. The predicted octanol–water partition coefficient (Wildman–Crippen LogP) is 3.83. The van der Waals surface area contributed by atoms with Gasteiger partial charge in [-0.1, -0.05) is 32.0 Å². The van der Waals surface area contributed by atoms with E-state index < -0.39 is 0 Å². The van der Waals surface area contributed by atoms with Crippen LogP contribution >= 0.6 is 11.8 Å². The van der Waals surface area contributed by atoms with Gasteiger partial charge in [0.1, 0.15) is 0 Å². The maximum absolute atomic E-state index is 5.56. The van der Waals surface area contributed by atoms with Gasteiger partial charge in [-0.3, -0.25) is 4.99 Å². The molecule has 1 N–H and O–H groups in total. The highest BCUT2D eigenvalue weighted by Crippen LogP contribution is 2.38. The van der Waals surface area contributed by atoms with Gasteiger partial charge in [-0.05, 0) is 44.4 Å². The van der Waals surface area contributed by atoms with Crippen molar-refractivity contribution in [2.75, 3.05) is 25.5 Å². The van der Waals surface area contributed by atoms with Crippen LogP contribution in [0.1, 0.15) is 58.8 Å². The smallest absolute Gasteiger partial charge is 0.157 e. The lowest BCUT2D eigenvalue weighted by Gasteiger charge is -2.35. The summed E-state index contributed by atoms with van der Waals surface area (Å²) < 4.78 is 5.56. The highest BCUT2D eigenvalue weighted by molar-refractivity contribution is 8.14. The van der Waals surface area contributed by atoms with E-state index >= 15 is 0 Å². The first-order valence-corrected chi connectivity index (χ1v) is 9.26. The molecule has 1 spiro atoms. The minimum absolute atomic E-state index is 0.369. The van der Waals surface area contributed by atoms with Crippen molar-refractivity contribution < 1.29 is 4.74 Å². The molecule has 20 heavy (non-hydrogen) atoms. The fourth-order valence-electron chi connectivity index (χ4n) is 2.87. The molecular weight excluding hydrogens is 268 g/mol. The van der Waals surface area contributed by atoms with E-state index in [4.69, 9.17) is 9.73 Å². The second-order valence-electron chi connectivity index (χ2n) is 6.38. The standard InChI is InChI=1S/C16H30N2OS/c1-3-4-11-19-12-5-10-17-15-18-16(13-20-15)8-6-14(2)7-9-16/h14H,3-13H2,1-2H3,(H,17,18). The molecular formula is C16H30N2OS. The molecule has 1 saturated heterocycles. The van der Waals surface area contributed by atoms with Crippen molar-refractivity contribution in [1.82, 2.24) is 5.32 Å². The molecule has 3 nitrogen and oxygen atoms in total. The minimum Gasteiger partial charge on any atom is -0.381 e. The Morgan fingerprint density at radius 3 is 2.80 bits per heavy atom. The first-order valence-electron chi connectivity index (χ1n) is 8.27. The van der Waals surface area contributed by atoms with Crippen LogP contribution in [0.25, 0.3) is 0 Å². The zero-order valence-corrected chi connectivity index (χ0v) is 13.9. The average Bonchev–Trinajstić information content (AvgIpc) is 2.85. The second kappa shape index (κ2) is 8.28. The first kappa shape index (κ1) is 16.2. The number of rotatable bonds is 7. The zero-order valence-electron chi connectivity index (χ0n) is 13.1. The number of amidine groups is 1. The maximum Gasteiger partial charge on any atom is 0.157 e. The number of ether oxygens (including phenoxy) is 1. The Morgan fingerprint density at radius 2 is 2.05 bits per heavy atom. The maximum atomic E-state index is 5.56. The normalized spacial score (nSPS) is 31.9. The summed E-state index contributed by atoms with van der Waals surface area (Å²) in [6, 6.07) is 0. The van der Waals surface area contributed by atoms with Gasteiger partial charge in [0.2, 0.25) is 0 Å². The molecule has 116 valence electrons. The molecule has 0 aromatic carbocycles. The van der Waals surface area contributed by atoms with Gasteiger partial charge in [0.25, 0.3) is 0 Å². The van der Waals surface area contributed by atoms with Crippen LogP contribution in [-0.2, 0) is 4.74 Å². The Balaban J connectivity index is 1.61. The highest BCUT2D eigenvalue weighted by Gasteiger charge is 2.39. The number of aliphatic imine (C=N–C) groups is 1. The van der Waals surface area contributed by atoms with Gasteiger partial charge in [-0.15, -0.1) is 0 Å². The summed E-state index contributed by atoms with van der Waals surface area (Å²) in [5, 5.41) is 4.88. The van der Waals surface area contributed by atoms with E-state index in [1.807, 2.05) is 11.8 Å². The van der Waals surface area contributed by atoms with Crippen molar-refractivity contribution in [3.63, 3.8) is 0 Å². The van der Waals surface area contributed by atoms with E-state index in [-0.39, 0.29) is 0 Å². The average molecular weight is 298 g/mol. The van der Waals surface area contributed by atoms with Crippen LogP contribution in [0, 0.1) is 5.92 Å². The summed E-state index contributed by atoms with van der Waals surface area (Å²) in [6.07, 6.45) is 8.80. The van der Waals surface area contributed by atoms with E-state index in [2.05, 4.69) is 19.2 Å². The molecule has 0 bridgehead atoms. The third-order valence-electron chi connectivity index (χ3n) is 4.43. The van der Waals surface area contributed by atoms with Gasteiger partial charge in [0.05, 0.1) is 0 Å². The molecule has 0 unspecified atom stereocenters. The van der Waals surface area contributed by atoms with Crippen LogP contribution in [0.2, 0.25) is 0 Å². The fourth-order valence-corrected chi connectivity index (χ4v) is 4.12. The fraction of sp³-hybridized carbons (Fsp3) is 0.938. The molecule has 1 aliphatic carbocycles. The highest BCUT2D eigenvalue weighted by atomic mass is 32.2. The molecule has 2 fully saturated rings. The van der Waals surface area contributed by atoms with Gasteiger partial charge < -0.3 is 10.1 Å². The molecule has 2 rings (SSSR count). The number of nitrogens with one attached hydrogen (secondary N) is 1. The lowest BCUT2D eigenvalue weighted by Crippen LogP contribution is -2.46. The summed E-state index contributed by atoms with van der Waals surface area (Å²) in [4.78, 5) is 4.70. The van der Waals surface area contributed by atoms with E-state index in [0.717, 1.165) is 32.1 Å². The zero-order chi connectivity index (χ0) is 14.3. The van der Waals surface area contributed by atoms with Crippen LogP contribution in [0.3, 0.4) is 0 Å². The van der Waals surface area contributed by atoms with Crippen LogP contribution in [0.15, 0.2) is 4.99 Å². The van der Waals surface area contributed by atoms with E-state index in [1.54, 1.807) is 0 Å². The third-order valence-corrected chi connectivity index (χ3v) is 5.63. The largest absolute Gasteiger partial charge is 0.381 e. The molecule has 0 amide bonds. The third kappa shape index (κ3) is 4.96. The van der Waals surface area contributed by atoms with Crippen molar-refractivity contribution in [3.8, 4) is 0 Å². The summed E-state index contributed by atoms with van der Waals surface area (Å²) in [6.45, 7) is 7.22. The Bertz CT molecular complexity index is 312. The van der Waals surface area contributed by atoms with Crippen molar-refractivity contribution in [2.24, 2.45) is 10.9 Å². The number of thioether (sulfide) groups is 1. The SMILES string of the molecule is CCCCOCCCN=C1NC2(CCC(C)CC2)CS1. The van der Waals surface area contributed by atoms with E-state index in [9.17, 15) is 0 Å². The molecule has 0 radical (unpaired) electrons. The topological polar surface area (TPSA) is 33.6 Å². The van der Waals surface area contributed by atoms with Crippen LogP contribution in [0.5, 0.6) is 0 Å². The lowest BCUT2D eigenvalue weighted by molar-refractivity contribution is 0.130. The Hall–Kier alpha value is -0.220. The van der Waals surface area contributed by atoms with Crippen molar-refractivity contribution >= 4 is 16.9 Å². The van der Waals surface area contributed by atoms with Gasteiger partial charge in [0.15, 0.2) is 5.17 Å². The monoisotopic (exact) mass is 298 g/mol. The van der Waals surface area contributed by atoms with Crippen LogP contribution in [-0.4, -0.2) is 36.2 Å². The summed E-state index contributed by atoms with van der Waals surface area (Å²) in [5.74, 6) is 2.12. The van der Waals surface area contributed by atoms with Gasteiger partial charge in [-0.2, -0.15) is 0 Å². The Kier molecular flexibility index (Phi) is 6.69. The molecule has 0 aromatic rings. The Labute approximate surface area is 128 Å². The number of nitrogens with zero attached hydrogens (tertiary/aromatic N) is 1. The summed E-state index contributed by atoms with van der Waals surface area (Å²) in [7, 11) is 0. The van der Waals surface area contributed by atoms with E-state index in [0.29, 0.717) is 5.54 Å². The molecule has 1 aliphatic heterocycles. The first-order chi connectivity index (χ1) is 9.74. The number of unbranched alkanes of at least 4 members (excludes halogenated alkanes) is 1. The van der Waals surface area contributed by atoms with Crippen molar-refractivity contribution in [1.29, 1.82) is 0 Å². The number of hydrogen-bond donors (Lipinski definition) is 1. The predicted molar refractivity (Wildman–Crippen MR) is 88.6 cm³/mol. The molecule has 2 aliphatic rings. The van der Waals surface area contributed by atoms with Gasteiger partial charge >= 0.3 is 0 Å².